The molecule has 0 aromatic carbocycles. The normalized spacial score (nSPS) is 15.5. The van der Waals surface area contributed by atoms with Crippen molar-refractivity contribution in [3.63, 3.8) is 0 Å². The van der Waals surface area contributed by atoms with Crippen LogP contribution in [0.3, 0.4) is 0 Å². The zero-order valence-corrected chi connectivity index (χ0v) is 12.1. The number of hydrogen-bond donors (Lipinski definition) is 2. The molecule has 0 spiro atoms. The van der Waals surface area contributed by atoms with Gasteiger partial charge < -0.3 is 10.1 Å². The van der Waals surface area contributed by atoms with Gasteiger partial charge in [0.1, 0.15) is 5.69 Å². The molecule has 0 bridgehead atoms. The van der Waals surface area contributed by atoms with Gasteiger partial charge in [0, 0.05) is 6.20 Å². The molecule has 0 radical (unpaired) electrons. The van der Waals surface area contributed by atoms with Crippen LogP contribution in [0.4, 0.5) is 0 Å². The lowest BCUT2D eigenvalue weighted by atomic mass is 10.00. The lowest BCUT2D eigenvalue weighted by molar-refractivity contribution is 0.436. The second kappa shape index (κ2) is 5.68. The van der Waals surface area contributed by atoms with Crippen molar-refractivity contribution in [3.8, 4) is 17.4 Å². The number of aromatic hydroxyl groups is 1. The molecule has 1 fully saturated rings. The van der Waals surface area contributed by atoms with Crippen LogP contribution in [-0.4, -0.2) is 20.1 Å². The Morgan fingerprint density at radius 3 is 2.81 bits per heavy atom. The van der Waals surface area contributed by atoms with Crippen molar-refractivity contribution in [2.24, 2.45) is 0 Å². The Balaban J connectivity index is 2.08. The Morgan fingerprint density at radius 2 is 2.14 bits per heavy atom. The van der Waals surface area contributed by atoms with Crippen LogP contribution >= 0.6 is 0 Å². The molecular weight excluding hydrogens is 266 g/mol. The molecule has 2 heterocycles. The maximum atomic E-state index is 12.3. The van der Waals surface area contributed by atoms with Crippen LogP contribution in [0.1, 0.15) is 49.7 Å². The van der Waals surface area contributed by atoms with Crippen molar-refractivity contribution in [1.29, 1.82) is 0 Å². The average molecular weight is 285 g/mol. The zero-order chi connectivity index (χ0) is 14.8. The smallest absolute Gasteiger partial charge is 0.258 e. The topological polar surface area (TPSA) is 78.9 Å². The fourth-order valence-corrected chi connectivity index (χ4v) is 3.10. The van der Waals surface area contributed by atoms with Gasteiger partial charge in [0.2, 0.25) is 5.88 Å². The van der Waals surface area contributed by atoms with Crippen molar-refractivity contribution in [2.45, 2.75) is 44.9 Å². The molecule has 2 aromatic heterocycles. The molecule has 5 nitrogen and oxygen atoms in total. The number of pyridine rings is 1. The molecule has 1 saturated carbocycles. The lowest BCUT2D eigenvalue weighted by Gasteiger charge is -2.12. The molecule has 0 atom stereocenters. The Kier molecular flexibility index (Phi) is 3.73. The highest BCUT2D eigenvalue weighted by Crippen LogP contribution is 2.35. The fraction of sp³-hybridized carbons (Fsp3) is 0.438. The minimum Gasteiger partial charge on any atom is -0.493 e. The maximum Gasteiger partial charge on any atom is 0.258 e. The largest absolute Gasteiger partial charge is 0.493 e. The van der Waals surface area contributed by atoms with Gasteiger partial charge in [-0.05, 0) is 36.8 Å². The van der Waals surface area contributed by atoms with E-state index in [-0.39, 0.29) is 17.4 Å². The Bertz CT molecular complexity index is 703. The Labute approximate surface area is 123 Å². The summed E-state index contributed by atoms with van der Waals surface area (Å²) in [6.07, 6.45) is 6.55. The van der Waals surface area contributed by atoms with Crippen LogP contribution in [0, 0.1) is 0 Å². The summed E-state index contributed by atoms with van der Waals surface area (Å²) in [5.74, 6) is 0.328. The number of aromatic nitrogens is 3. The quantitative estimate of drug-likeness (QED) is 0.908. The van der Waals surface area contributed by atoms with Crippen LogP contribution < -0.4 is 5.56 Å². The van der Waals surface area contributed by atoms with Crippen molar-refractivity contribution < 1.29 is 5.11 Å². The number of nitrogens with one attached hydrogen (secondary N) is 1. The molecule has 3 rings (SSSR count). The monoisotopic (exact) mass is 285 g/mol. The molecule has 1 aliphatic carbocycles. The second-order valence-corrected chi connectivity index (χ2v) is 5.50. The van der Waals surface area contributed by atoms with Crippen LogP contribution in [0.15, 0.2) is 23.1 Å². The van der Waals surface area contributed by atoms with Crippen molar-refractivity contribution in [1.82, 2.24) is 15.0 Å². The summed E-state index contributed by atoms with van der Waals surface area (Å²) in [4.78, 5) is 23.6. The van der Waals surface area contributed by atoms with Gasteiger partial charge in [-0.25, -0.2) is 0 Å². The third-order valence-corrected chi connectivity index (χ3v) is 4.20. The summed E-state index contributed by atoms with van der Waals surface area (Å²) >= 11 is 0. The SMILES string of the molecule is CCc1cccnc1-c1nc(O)c(C2CCCC2)c(=O)[nH]1. The predicted molar refractivity (Wildman–Crippen MR) is 80.3 cm³/mol. The van der Waals surface area contributed by atoms with E-state index in [9.17, 15) is 9.90 Å². The molecule has 2 N–H and O–H groups in total. The highest BCUT2D eigenvalue weighted by atomic mass is 16.3. The van der Waals surface area contributed by atoms with Gasteiger partial charge in [0.05, 0.1) is 5.56 Å². The summed E-state index contributed by atoms with van der Waals surface area (Å²) in [6, 6.07) is 3.80. The van der Waals surface area contributed by atoms with Crippen LogP contribution in [0.25, 0.3) is 11.5 Å². The summed E-state index contributed by atoms with van der Waals surface area (Å²) in [6.45, 7) is 2.02. The summed E-state index contributed by atoms with van der Waals surface area (Å²) in [5, 5.41) is 10.2. The van der Waals surface area contributed by atoms with Gasteiger partial charge in [-0.2, -0.15) is 4.98 Å². The zero-order valence-electron chi connectivity index (χ0n) is 12.1. The molecule has 110 valence electrons. The molecular formula is C16H19N3O2. The third kappa shape index (κ3) is 2.55. The third-order valence-electron chi connectivity index (χ3n) is 4.20. The standard InChI is InChI=1S/C16H19N3O2/c1-2-10-8-5-9-17-13(10)14-18-15(20)12(16(21)19-14)11-6-3-4-7-11/h5,8-9,11H,2-4,6-7H2,1H3,(H2,18,19,20,21). The number of aromatic amines is 1. The van der Waals surface area contributed by atoms with Gasteiger partial charge in [-0.3, -0.25) is 9.78 Å². The van der Waals surface area contributed by atoms with E-state index in [1.54, 1.807) is 6.20 Å². The molecule has 0 saturated heterocycles. The number of aryl methyl sites for hydroxylation is 1. The minimum atomic E-state index is -0.239. The van der Waals surface area contributed by atoms with E-state index in [1.807, 2.05) is 19.1 Å². The van der Waals surface area contributed by atoms with E-state index in [2.05, 4.69) is 15.0 Å². The first-order chi connectivity index (χ1) is 10.2. The molecule has 2 aromatic rings. The van der Waals surface area contributed by atoms with Crippen molar-refractivity contribution in [3.05, 3.63) is 39.8 Å². The van der Waals surface area contributed by atoms with E-state index in [0.29, 0.717) is 17.1 Å². The summed E-state index contributed by atoms with van der Waals surface area (Å²) in [5.41, 5.74) is 1.82. The van der Waals surface area contributed by atoms with Gasteiger partial charge >= 0.3 is 0 Å². The molecule has 0 unspecified atom stereocenters. The predicted octanol–water partition coefficient (Wildman–Crippen LogP) is 2.76. The first-order valence-electron chi connectivity index (χ1n) is 7.48. The van der Waals surface area contributed by atoms with E-state index in [4.69, 9.17) is 0 Å². The van der Waals surface area contributed by atoms with Crippen molar-refractivity contribution >= 4 is 0 Å². The van der Waals surface area contributed by atoms with Crippen LogP contribution in [-0.2, 0) is 6.42 Å². The van der Waals surface area contributed by atoms with Crippen molar-refractivity contribution in [2.75, 3.05) is 0 Å². The van der Waals surface area contributed by atoms with E-state index < -0.39 is 0 Å². The van der Waals surface area contributed by atoms with Gasteiger partial charge in [-0.1, -0.05) is 25.8 Å². The summed E-state index contributed by atoms with van der Waals surface area (Å²) in [7, 11) is 0. The number of H-pyrrole nitrogens is 1. The molecule has 1 aliphatic rings. The van der Waals surface area contributed by atoms with Crippen LogP contribution in [0.2, 0.25) is 0 Å². The first-order valence-corrected chi connectivity index (χ1v) is 7.48. The van der Waals surface area contributed by atoms with Gasteiger partial charge in [0.15, 0.2) is 5.82 Å². The lowest BCUT2D eigenvalue weighted by Crippen LogP contribution is -2.18. The Hall–Kier alpha value is -2.17. The molecule has 5 heteroatoms. The molecule has 21 heavy (non-hydrogen) atoms. The van der Waals surface area contributed by atoms with Crippen LogP contribution in [0.5, 0.6) is 5.88 Å². The number of rotatable bonds is 3. The number of nitrogens with zero attached hydrogens (tertiary/aromatic N) is 2. The van der Waals surface area contributed by atoms with E-state index in [1.165, 1.54) is 0 Å². The van der Waals surface area contributed by atoms with Gasteiger partial charge in [-0.15, -0.1) is 0 Å². The Morgan fingerprint density at radius 1 is 1.38 bits per heavy atom. The minimum absolute atomic E-state index is 0.129. The van der Waals surface area contributed by atoms with Gasteiger partial charge in [0.25, 0.3) is 5.56 Å². The average Bonchev–Trinajstić information content (AvgIpc) is 3.00. The fourth-order valence-electron chi connectivity index (χ4n) is 3.10. The number of hydrogen-bond acceptors (Lipinski definition) is 4. The summed E-state index contributed by atoms with van der Waals surface area (Å²) < 4.78 is 0. The maximum absolute atomic E-state index is 12.3. The van der Waals surface area contributed by atoms with E-state index >= 15 is 0 Å². The molecule has 0 aliphatic heterocycles. The highest BCUT2D eigenvalue weighted by molar-refractivity contribution is 5.55. The highest BCUT2D eigenvalue weighted by Gasteiger charge is 2.25. The first kappa shape index (κ1) is 13.8. The second-order valence-electron chi connectivity index (χ2n) is 5.50. The molecule has 0 amide bonds. The van der Waals surface area contributed by atoms with E-state index in [0.717, 1.165) is 37.7 Å².